The summed E-state index contributed by atoms with van der Waals surface area (Å²) in [5, 5.41) is 2.79. The quantitative estimate of drug-likeness (QED) is 0.853. The van der Waals surface area contributed by atoms with Crippen LogP contribution < -0.4 is 20.5 Å². The van der Waals surface area contributed by atoms with Crippen molar-refractivity contribution < 1.29 is 19.0 Å². The van der Waals surface area contributed by atoms with Gasteiger partial charge in [-0.15, -0.1) is 12.4 Å². The Bertz CT molecular complexity index is 452. The van der Waals surface area contributed by atoms with Crippen molar-refractivity contribution in [2.24, 2.45) is 5.73 Å². The highest BCUT2D eigenvalue weighted by atomic mass is 35.5. The largest absolute Gasteiger partial charge is 0.486 e. The maximum absolute atomic E-state index is 11.9. The van der Waals surface area contributed by atoms with E-state index in [0.29, 0.717) is 36.9 Å². The van der Waals surface area contributed by atoms with Crippen LogP contribution in [0.5, 0.6) is 11.5 Å². The van der Waals surface area contributed by atoms with Gasteiger partial charge < -0.3 is 25.3 Å². The van der Waals surface area contributed by atoms with Gasteiger partial charge in [0.05, 0.1) is 18.2 Å². The van der Waals surface area contributed by atoms with Crippen molar-refractivity contribution in [2.45, 2.75) is 12.5 Å². The first-order chi connectivity index (χ1) is 9.24. The number of nitrogens with two attached hydrogens (primary N) is 1. The van der Waals surface area contributed by atoms with E-state index in [2.05, 4.69) is 5.32 Å². The highest BCUT2D eigenvalue weighted by Crippen LogP contribution is 2.37. The molecule has 1 heterocycles. The molecule has 0 aliphatic carbocycles. The van der Waals surface area contributed by atoms with Crippen molar-refractivity contribution >= 4 is 24.0 Å². The van der Waals surface area contributed by atoms with E-state index < -0.39 is 0 Å². The Morgan fingerprint density at radius 3 is 2.90 bits per heavy atom. The Labute approximate surface area is 124 Å². The molecule has 7 heteroatoms. The first-order valence-corrected chi connectivity index (χ1v) is 6.16. The molecule has 1 aliphatic rings. The fourth-order valence-electron chi connectivity index (χ4n) is 1.84. The van der Waals surface area contributed by atoms with Gasteiger partial charge in [-0.25, -0.2) is 0 Å². The van der Waals surface area contributed by atoms with E-state index >= 15 is 0 Å². The maximum atomic E-state index is 11.9. The molecule has 1 aliphatic heterocycles. The molecule has 0 bridgehead atoms. The molecule has 112 valence electrons. The SMILES string of the molecule is COC(CN)CC(=O)Nc1cccc2c1OCCO2.Cl. The van der Waals surface area contributed by atoms with Crippen molar-refractivity contribution in [3.05, 3.63) is 18.2 Å². The Morgan fingerprint density at radius 2 is 2.20 bits per heavy atom. The Hall–Kier alpha value is -1.50. The number of ether oxygens (including phenoxy) is 3. The molecule has 1 amide bonds. The summed E-state index contributed by atoms with van der Waals surface area (Å²) in [6, 6.07) is 5.39. The van der Waals surface area contributed by atoms with Crippen LogP contribution in [0, 0.1) is 0 Å². The van der Waals surface area contributed by atoms with Crippen LogP contribution in [0.25, 0.3) is 0 Å². The number of carbonyl (C=O) groups excluding carboxylic acids is 1. The normalized spacial score (nSPS) is 14.1. The molecule has 0 saturated heterocycles. The van der Waals surface area contributed by atoms with E-state index in [-0.39, 0.29) is 30.8 Å². The molecule has 1 atom stereocenters. The van der Waals surface area contributed by atoms with Gasteiger partial charge in [0.25, 0.3) is 0 Å². The lowest BCUT2D eigenvalue weighted by atomic mass is 10.2. The lowest BCUT2D eigenvalue weighted by molar-refractivity contribution is -0.118. The van der Waals surface area contributed by atoms with Crippen LogP contribution in [0.2, 0.25) is 0 Å². The molecule has 0 saturated carbocycles. The van der Waals surface area contributed by atoms with Crippen LogP contribution in [0.15, 0.2) is 18.2 Å². The molecular formula is C13H19ClN2O4. The molecule has 1 unspecified atom stereocenters. The van der Waals surface area contributed by atoms with E-state index in [9.17, 15) is 4.79 Å². The third-order valence-electron chi connectivity index (χ3n) is 2.85. The molecule has 3 N–H and O–H groups in total. The Morgan fingerprint density at radius 1 is 1.45 bits per heavy atom. The van der Waals surface area contributed by atoms with Gasteiger partial charge in [0.2, 0.25) is 5.91 Å². The third kappa shape index (κ3) is 4.00. The second-order valence-corrected chi connectivity index (χ2v) is 4.18. The minimum absolute atomic E-state index is 0. The number of hydrogen-bond donors (Lipinski definition) is 2. The van der Waals surface area contributed by atoms with Crippen LogP contribution in [0.1, 0.15) is 6.42 Å². The van der Waals surface area contributed by atoms with E-state index in [1.54, 1.807) is 12.1 Å². The van der Waals surface area contributed by atoms with Gasteiger partial charge >= 0.3 is 0 Å². The molecule has 0 radical (unpaired) electrons. The van der Waals surface area contributed by atoms with Gasteiger partial charge in [0, 0.05) is 13.7 Å². The Balaban J connectivity index is 0.00000200. The fourth-order valence-corrected chi connectivity index (χ4v) is 1.84. The molecule has 0 aromatic heterocycles. The number of benzene rings is 1. The first-order valence-electron chi connectivity index (χ1n) is 6.16. The minimum Gasteiger partial charge on any atom is -0.486 e. The van der Waals surface area contributed by atoms with Gasteiger partial charge in [0.1, 0.15) is 13.2 Å². The van der Waals surface area contributed by atoms with Gasteiger partial charge in [-0.05, 0) is 12.1 Å². The highest BCUT2D eigenvalue weighted by molar-refractivity contribution is 5.93. The molecule has 2 rings (SSSR count). The minimum atomic E-state index is -0.281. The number of carbonyl (C=O) groups is 1. The second kappa shape index (κ2) is 7.94. The summed E-state index contributed by atoms with van der Waals surface area (Å²) in [7, 11) is 1.53. The van der Waals surface area contributed by atoms with Crippen LogP contribution in [-0.2, 0) is 9.53 Å². The number of amides is 1. The summed E-state index contributed by atoms with van der Waals surface area (Å²) in [5.74, 6) is 1.05. The summed E-state index contributed by atoms with van der Waals surface area (Å²) in [4.78, 5) is 11.9. The van der Waals surface area contributed by atoms with E-state index in [4.69, 9.17) is 19.9 Å². The van der Waals surface area contributed by atoms with Crippen LogP contribution in [0.4, 0.5) is 5.69 Å². The van der Waals surface area contributed by atoms with Crippen LogP contribution in [0.3, 0.4) is 0 Å². The van der Waals surface area contributed by atoms with E-state index in [0.717, 1.165) is 0 Å². The van der Waals surface area contributed by atoms with Gasteiger partial charge in [0.15, 0.2) is 11.5 Å². The lowest BCUT2D eigenvalue weighted by Crippen LogP contribution is -2.28. The molecular weight excluding hydrogens is 284 g/mol. The maximum Gasteiger partial charge on any atom is 0.227 e. The predicted octanol–water partition coefficient (Wildman–Crippen LogP) is 1.18. The van der Waals surface area contributed by atoms with Crippen LogP contribution in [-0.4, -0.2) is 38.9 Å². The smallest absolute Gasteiger partial charge is 0.227 e. The Kier molecular flexibility index (Phi) is 6.57. The second-order valence-electron chi connectivity index (χ2n) is 4.18. The monoisotopic (exact) mass is 302 g/mol. The third-order valence-corrected chi connectivity index (χ3v) is 2.85. The average molecular weight is 303 g/mol. The van der Waals surface area contributed by atoms with Gasteiger partial charge in [-0.3, -0.25) is 4.79 Å². The van der Waals surface area contributed by atoms with Crippen LogP contribution >= 0.6 is 12.4 Å². The summed E-state index contributed by atoms with van der Waals surface area (Å²) in [6.45, 7) is 1.29. The summed E-state index contributed by atoms with van der Waals surface area (Å²) in [6.07, 6.45) is -0.0749. The number of methoxy groups -OCH3 is 1. The van der Waals surface area contributed by atoms with Gasteiger partial charge in [-0.1, -0.05) is 6.07 Å². The number of para-hydroxylation sites is 1. The molecule has 1 aromatic rings. The fraction of sp³-hybridized carbons (Fsp3) is 0.462. The summed E-state index contributed by atoms with van der Waals surface area (Å²) >= 11 is 0. The van der Waals surface area contributed by atoms with Crippen molar-refractivity contribution in [1.82, 2.24) is 0 Å². The number of fused-ring (bicyclic) bond motifs is 1. The molecule has 20 heavy (non-hydrogen) atoms. The lowest BCUT2D eigenvalue weighted by Gasteiger charge is -2.21. The predicted molar refractivity (Wildman–Crippen MR) is 77.8 cm³/mol. The standard InChI is InChI=1S/C13H18N2O4.ClH/c1-17-9(8-14)7-12(16)15-10-3-2-4-11-13(10)19-6-5-18-11;/h2-4,9H,5-8,14H2,1H3,(H,15,16);1H. The highest BCUT2D eigenvalue weighted by Gasteiger charge is 2.18. The summed E-state index contributed by atoms with van der Waals surface area (Å²) in [5.41, 5.74) is 6.09. The van der Waals surface area contributed by atoms with E-state index in [1.165, 1.54) is 7.11 Å². The molecule has 0 fully saturated rings. The van der Waals surface area contributed by atoms with Crippen molar-refractivity contribution in [1.29, 1.82) is 0 Å². The molecule has 1 aromatic carbocycles. The summed E-state index contributed by atoms with van der Waals surface area (Å²) < 4.78 is 16.0. The number of rotatable bonds is 5. The number of anilines is 1. The first kappa shape index (κ1) is 16.6. The number of halogens is 1. The van der Waals surface area contributed by atoms with E-state index in [1.807, 2.05) is 6.07 Å². The van der Waals surface area contributed by atoms with Gasteiger partial charge in [-0.2, -0.15) is 0 Å². The number of nitrogens with one attached hydrogen (secondary N) is 1. The van der Waals surface area contributed by atoms with Crippen molar-refractivity contribution in [2.75, 3.05) is 32.2 Å². The average Bonchev–Trinajstić information content (AvgIpc) is 2.45. The zero-order chi connectivity index (χ0) is 13.7. The molecule has 0 spiro atoms. The topological polar surface area (TPSA) is 82.8 Å². The zero-order valence-electron chi connectivity index (χ0n) is 11.3. The molecule has 6 nitrogen and oxygen atoms in total. The number of hydrogen-bond acceptors (Lipinski definition) is 5. The van der Waals surface area contributed by atoms with Crippen molar-refractivity contribution in [3.8, 4) is 11.5 Å². The zero-order valence-corrected chi connectivity index (χ0v) is 12.1. The van der Waals surface area contributed by atoms with Crippen molar-refractivity contribution in [3.63, 3.8) is 0 Å².